The molecule has 0 fully saturated rings. The predicted molar refractivity (Wildman–Crippen MR) is 55.4 cm³/mol. The molecule has 0 aliphatic carbocycles. The highest BCUT2D eigenvalue weighted by molar-refractivity contribution is 6.58. The van der Waals surface area contributed by atoms with Crippen LogP contribution in [-0.2, 0) is 0 Å². The average molecular weight is 216 g/mol. The van der Waals surface area contributed by atoms with Crippen LogP contribution < -0.4 is 5.46 Å². The molecule has 0 atom stereocenters. The van der Waals surface area contributed by atoms with Gasteiger partial charge in [0, 0.05) is 5.46 Å². The Balaban J connectivity index is 3.20. The molecular weight excluding hydrogens is 210 g/mol. The number of allylic oxidation sites excluding steroid dienone is 1. The lowest BCUT2D eigenvalue weighted by Gasteiger charge is -2.02. The molecule has 4 nitrogen and oxygen atoms in total. The highest BCUT2D eigenvalue weighted by Crippen LogP contribution is 2.06. The Morgan fingerprint density at radius 1 is 1.31 bits per heavy atom. The van der Waals surface area contributed by atoms with Gasteiger partial charge in [-0.15, -0.1) is 0 Å². The molecular formula is C10H6BFN2O2. The van der Waals surface area contributed by atoms with Crippen LogP contribution in [0.25, 0.3) is 6.08 Å². The van der Waals surface area contributed by atoms with E-state index >= 15 is 0 Å². The second-order valence-electron chi connectivity index (χ2n) is 2.94. The lowest BCUT2D eigenvalue weighted by atomic mass is 9.79. The average Bonchev–Trinajstić information content (AvgIpc) is 2.27. The molecule has 0 heterocycles. The summed E-state index contributed by atoms with van der Waals surface area (Å²) in [7, 11) is -1.93. The van der Waals surface area contributed by atoms with E-state index in [2.05, 4.69) is 0 Å². The van der Waals surface area contributed by atoms with Gasteiger partial charge in [0.25, 0.3) is 0 Å². The van der Waals surface area contributed by atoms with Gasteiger partial charge >= 0.3 is 7.12 Å². The van der Waals surface area contributed by atoms with E-state index in [1.54, 1.807) is 12.1 Å². The van der Waals surface area contributed by atoms with Crippen molar-refractivity contribution >= 4 is 18.7 Å². The summed E-state index contributed by atoms with van der Waals surface area (Å²) in [6.45, 7) is 0. The normalized spacial score (nSPS) is 8.81. The van der Waals surface area contributed by atoms with Crippen LogP contribution >= 0.6 is 0 Å². The molecule has 0 radical (unpaired) electrons. The van der Waals surface area contributed by atoms with Gasteiger partial charge in [0.05, 0.1) is 0 Å². The zero-order chi connectivity index (χ0) is 12.1. The molecule has 0 amide bonds. The van der Waals surface area contributed by atoms with E-state index in [9.17, 15) is 4.39 Å². The number of rotatable bonds is 2. The lowest BCUT2D eigenvalue weighted by Crippen LogP contribution is -2.32. The highest BCUT2D eigenvalue weighted by Gasteiger charge is 2.16. The van der Waals surface area contributed by atoms with Crippen LogP contribution in [0, 0.1) is 28.5 Å². The number of hydrogen-bond donors (Lipinski definition) is 2. The Morgan fingerprint density at radius 3 is 2.44 bits per heavy atom. The van der Waals surface area contributed by atoms with Crippen molar-refractivity contribution in [3.05, 3.63) is 35.2 Å². The van der Waals surface area contributed by atoms with Crippen LogP contribution in [0.15, 0.2) is 23.8 Å². The second kappa shape index (κ2) is 5.08. The highest BCUT2D eigenvalue weighted by atomic mass is 19.1. The van der Waals surface area contributed by atoms with Crippen LogP contribution in [0.3, 0.4) is 0 Å². The molecule has 0 unspecified atom stereocenters. The summed E-state index contributed by atoms with van der Waals surface area (Å²) in [6, 6.07) is 6.81. The fourth-order valence-corrected chi connectivity index (χ4v) is 1.11. The van der Waals surface area contributed by atoms with Gasteiger partial charge < -0.3 is 10.0 Å². The molecule has 1 rings (SSSR count). The number of halogens is 1. The number of benzene rings is 1. The van der Waals surface area contributed by atoms with Crippen LogP contribution in [0.1, 0.15) is 5.56 Å². The van der Waals surface area contributed by atoms with Crippen molar-refractivity contribution in [1.82, 2.24) is 0 Å². The second-order valence-corrected chi connectivity index (χ2v) is 2.94. The molecule has 0 bridgehead atoms. The Morgan fingerprint density at radius 2 is 1.94 bits per heavy atom. The number of nitrogens with zero attached hydrogens (tertiary/aromatic N) is 2. The molecule has 0 aliphatic rings. The van der Waals surface area contributed by atoms with Gasteiger partial charge in [-0.3, -0.25) is 0 Å². The molecule has 0 spiro atoms. The van der Waals surface area contributed by atoms with Crippen molar-refractivity contribution in [2.45, 2.75) is 0 Å². The minimum Gasteiger partial charge on any atom is -0.423 e. The minimum absolute atomic E-state index is 0.148. The Hall–Kier alpha value is -2.15. The predicted octanol–water partition coefficient (Wildman–Crippen LogP) is -0.0639. The topological polar surface area (TPSA) is 88.0 Å². The fraction of sp³-hybridized carbons (Fsp3) is 0. The first-order valence-corrected chi connectivity index (χ1v) is 4.26. The van der Waals surface area contributed by atoms with E-state index in [4.69, 9.17) is 20.6 Å². The molecule has 0 aliphatic heterocycles. The minimum atomic E-state index is -1.93. The van der Waals surface area contributed by atoms with E-state index in [0.717, 1.165) is 12.1 Å². The first-order valence-electron chi connectivity index (χ1n) is 4.26. The maximum atomic E-state index is 13.1. The fourth-order valence-electron chi connectivity index (χ4n) is 1.11. The maximum Gasteiger partial charge on any atom is 0.491 e. The summed E-state index contributed by atoms with van der Waals surface area (Å²) >= 11 is 0. The molecule has 1 aromatic rings. The third kappa shape index (κ3) is 2.67. The van der Waals surface area contributed by atoms with Crippen LogP contribution in [0.4, 0.5) is 4.39 Å². The zero-order valence-corrected chi connectivity index (χ0v) is 8.05. The van der Waals surface area contributed by atoms with Crippen molar-refractivity contribution in [2.75, 3.05) is 0 Å². The summed E-state index contributed by atoms with van der Waals surface area (Å²) in [5, 5.41) is 34.7. The van der Waals surface area contributed by atoms with Gasteiger partial charge in [-0.2, -0.15) is 10.5 Å². The van der Waals surface area contributed by atoms with Crippen molar-refractivity contribution in [3.8, 4) is 12.1 Å². The van der Waals surface area contributed by atoms with Crippen molar-refractivity contribution in [2.24, 2.45) is 0 Å². The monoisotopic (exact) mass is 216 g/mol. The SMILES string of the molecule is N#CC(C#N)=Cc1ccc(F)c(B(O)O)c1. The Bertz CT molecular complexity index is 499. The van der Waals surface area contributed by atoms with Gasteiger partial charge in [-0.05, 0) is 17.7 Å². The standard InChI is InChI=1S/C10H6BFN2O2/c12-10-2-1-7(3-8(5-13)6-14)4-9(10)11(15)16/h1-4,15-16H. The number of nitriles is 2. The van der Waals surface area contributed by atoms with Gasteiger partial charge in [0.1, 0.15) is 23.5 Å². The molecule has 0 saturated carbocycles. The van der Waals surface area contributed by atoms with Crippen molar-refractivity contribution in [1.29, 1.82) is 10.5 Å². The van der Waals surface area contributed by atoms with Crippen LogP contribution in [0.5, 0.6) is 0 Å². The number of hydrogen-bond acceptors (Lipinski definition) is 4. The maximum absolute atomic E-state index is 13.1. The van der Waals surface area contributed by atoms with Crippen LogP contribution in [-0.4, -0.2) is 17.2 Å². The smallest absolute Gasteiger partial charge is 0.423 e. The molecule has 0 saturated heterocycles. The molecule has 2 N–H and O–H groups in total. The van der Waals surface area contributed by atoms with E-state index in [1.165, 1.54) is 12.1 Å². The third-order valence-corrected chi connectivity index (χ3v) is 1.85. The van der Waals surface area contributed by atoms with Gasteiger partial charge in [0.2, 0.25) is 0 Å². The third-order valence-electron chi connectivity index (χ3n) is 1.85. The molecule has 6 heteroatoms. The zero-order valence-electron chi connectivity index (χ0n) is 8.05. The molecule has 78 valence electrons. The quantitative estimate of drug-likeness (QED) is 0.535. The van der Waals surface area contributed by atoms with Gasteiger partial charge in [-0.1, -0.05) is 12.1 Å². The summed E-state index contributed by atoms with van der Waals surface area (Å²) in [5.41, 5.74) is -0.100. The van der Waals surface area contributed by atoms with E-state index in [0.29, 0.717) is 5.56 Å². The lowest BCUT2D eigenvalue weighted by molar-refractivity contribution is 0.423. The van der Waals surface area contributed by atoms with E-state index < -0.39 is 12.9 Å². The van der Waals surface area contributed by atoms with Gasteiger partial charge in [-0.25, -0.2) is 4.39 Å². The Labute approximate surface area is 91.6 Å². The molecule has 0 aromatic heterocycles. The summed E-state index contributed by atoms with van der Waals surface area (Å²) in [4.78, 5) is 0. The van der Waals surface area contributed by atoms with E-state index in [1.807, 2.05) is 0 Å². The van der Waals surface area contributed by atoms with Gasteiger partial charge in [0.15, 0.2) is 0 Å². The molecule has 1 aromatic carbocycles. The van der Waals surface area contributed by atoms with Crippen LogP contribution in [0.2, 0.25) is 0 Å². The summed E-state index contributed by atoms with van der Waals surface area (Å²) in [6.07, 6.45) is 1.23. The summed E-state index contributed by atoms with van der Waals surface area (Å²) < 4.78 is 13.1. The molecule has 16 heavy (non-hydrogen) atoms. The Kier molecular flexibility index (Phi) is 3.79. The van der Waals surface area contributed by atoms with E-state index in [-0.39, 0.29) is 11.0 Å². The summed E-state index contributed by atoms with van der Waals surface area (Å²) in [5.74, 6) is -0.761. The largest absolute Gasteiger partial charge is 0.491 e. The van der Waals surface area contributed by atoms with Crippen molar-refractivity contribution < 1.29 is 14.4 Å². The van der Waals surface area contributed by atoms with Crippen molar-refractivity contribution in [3.63, 3.8) is 0 Å². The first-order chi connectivity index (χ1) is 7.58. The first kappa shape index (κ1) is 11.9.